The van der Waals surface area contributed by atoms with Crippen molar-refractivity contribution in [3.05, 3.63) is 87.1 Å². The van der Waals surface area contributed by atoms with Gasteiger partial charge in [-0.3, -0.25) is 19.5 Å². The van der Waals surface area contributed by atoms with Gasteiger partial charge in [0, 0.05) is 42.1 Å². The number of aromatic nitrogens is 1. The maximum Gasteiger partial charge on any atom is 0.328 e. The van der Waals surface area contributed by atoms with Crippen LogP contribution < -0.4 is 10.6 Å². The third-order valence-corrected chi connectivity index (χ3v) is 11.3. The molecule has 2 aliphatic rings. The Kier molecular flexibility index (Phi) is 10.3. The predicted octanol–water partition coefficient (Wildman–Crippen LogP) is 4.42. The largest absolute Gasteiger partial charge is 0.467 e. The Labute approximate surface area is 282 Å². The standard InChI is InChI=1S/C31H32Cl3N5O6S/c1-31(26(38-12-4-13-38)11-14-39(31)46(43,44)22-6-3-5-20(32)16-22)30(42)37-25(29(41)45-2)15-19-7-9-21(10-8-19)36-28(40)27-23(33)17-35-18-24(27)34/h3,5-10,16-18,25-26H,4,11-15H2,1-2H3,(H,36,40)(H,37,42). The van der Waals surface area contributed by atoms with Gasteiger partial charge >= 0.3 is 5.97 Å². The Bertz CT molecular complexity index is 1740. The summed E-state index contributed by atoms with van der Waals surface area (Å²) in [4.78, 5) is 45.8. The minimum Gasteiger partial charge on any atom is -0.467 e. The highest BCUT2D eigenvalue weighted by Gasteiger charge is 2.58. The number of ether oxygens (including phenoxy) is 1. The molecule has 0 aliphatic carbocycles. The van der Waals surface area contributed by atoms with E-state index in [-0.39, 0.29) is 38.5 Å². The van der Waals surface area contributed by atoms with E-state index in [0.29, 0.717) is 17.7 Å². The summed E-state index contributed by atoms with van der Waals surface area (Å²) >= 11 is 18.3. The van der Waals surface area contributed by atoms with Crippen LogP contribution in [0.1, 0.15) is 35.7 Å². The lowest BCUT2D eigenvalue weighted by Gasteiger charge is -2.45. The van der Waals surface area contributed by atoms with E-state index in [1.807, 2.05) is 0 Å². The van der Waals surface area contributed by atoms with Crippen LogP contribution in [0.5, 0.6) is 0 Å². The summed E-state index contributed by atoms with van der Waals surface area (Å²) in [5.74, 6) is -1.83. The first-order valence-corrected chi connectivity index (χ1v) is 17.0. The normalized spacial score (nSPS) is 20.8. The van der Waals surface area contributed by atoms with E-state index in [2.05, 4.69) is 20.5 Å². The summed E-state index contributed by atoms with van der Waals surface area (Å²) in [5, 5.41) is 5.98. The molecule has 0 spiro atoms. The number of rotatable bonds is 10. The van der Waals surface area contributed by atoms with Gasteiger partial charge in [-0.15, -0.1) is 0 Å². The minimum absolute atomic E-state index is 0.0199. The average molecular weight is 709 g/mol. The molecule has 0 bridgehead atoms. The van der Waals surface area contributed by atoms with Gasteiger partial charge in [-0.2, -0.15) is 4.31 Å². The second-order valence-electron chi connectivity index (χ2n) is 11.3. The van der Waals surface area contributed by atoms with Gasteiger partial charge in [0.2, 0.25) is 15.9 Å². The third kappa shape index (κ3) is 6.73. The van der Waals surface area contributed by atoms with E-state index in [9.17, 15) is 22.8 Å². The fraction of sp³-hybridized carbons (Fsp3) is 0.355. The molecule has 3 atom stereocenters. The Morgan fingerprint density at radius 2 is 1.72 bits per heavy atom. The van der Waals surface area contributed by atoms with E-state index in [0.717, 1.165) is 19.5 Å². The zero-order valence-corrected chi connectivity index (χ0v) is 28.1. The number of benzene rings is 2. The van der Waals surface area contributed by atoms with Crippen LogP contribution in [-0.4, -0.2) is 84.8 Å². The van der Waals surface area contributed by atoms with Crippen LogP contribution in [0.3, 0.4) is 0 Å². The lowest BCUT2D eigenvalue weighted by Crippen LogP contribution is -2.67. The van der Waals surface area contributed by atoms with Crippen molar-refractivity contribution in [2.24, 2.45) is 0 Å². The number of carbonyl (C=O) groups is 3. The zero-order chi connectivity index (χ0) is 33.2. The van der Waals surface area contributed by atoms with Gasteiger partial charge in [0.15, 0.2) is 0 Å². The van der Waals surface area contributed by atoms with E-state index >= 15 is 0 Å². The average Bonchev–Trinajstić information content (AvgIpc) is 3.34. The van der Waals surface area contributed by atoms with Gasteiger partial charge in [0.1, 0.15) is 11.6 Å². The van der Waals surface area contributed by atoms with Crippen molar-refractivity contribution in [3.63, 3.8) is 0 Å². The van der Waals surface area contributed by atoms with Gasteiger partial charge in [-0.05, 0) is 68.8 Å². The quantitative estimate of drug-likeness (QED) is 0.296. The highest BCUT2D eigenvalue weighted by Crippen LogP contribution is 2.40. The Morgan fingerprint density at radius 3 is 2.30 bits per heavy atom. The van der Waals surface area contributed by atoms with Crippen molar-refractivity contribution in [2.75, 3.05) is 32.1 Å². The second kappa shape index (κ2) is 13.8. The highest BCUT2D eigenvalue weighted by atomic mass is 35.5. The molecule has 2 aromatic carbocycles. The van der Waals surface area contributed by atoms with Gasteiger partial charge in [0.05, 0.1) is 27.6 Å². The number of nitrogens with zero attached hydrogens (tertiary/aromatic N) is 3. The van der Waals surface area contributed by atoms with Crippen LogP contribution in [0.15, 0.2) is 65.8 Å². The number of pyridine rings is 1. The number of esters is 1. The SMILES string of the molecule is COC(=O)C(Cc1ccc(NC(=O)c2c(Cl)cncc2Cl)cc1)NC(=O)C1(C)C(N2CCC2)CCN1S(=O)(=O)c1cccc(Cl)c1. The molecule has 2 saturated heterocycles. The fourth-order valence-corrected chi connectivity index (χ4v) is 8.54. The highest BCUT2D eigenvalue weighted by molar-refractivity contribution is 7.89. The number of halogens is 3. The summed E-state index contributed by atoms with van der Waals surface area (Å²) < 4.78 is 34.1. The molecular formula is C31H32Cl3N5O6S. The summed E-state index contributed by atoms with van der Waals surface area (Å²) in [6.07, 6.45) is 4.06. The maximum absolute atomic E-state index is 14.2. The number of nitrogens with one attached hydrogen (secondary N) is 2. The van der Waals surface area contributed by atoms with Crippen molar-refractivity contribution < 1.29 is 27.5 Å². The first kappa shape index (κ1) is 34.1. The summed E-state index contributed by atoms with van der Waals surface area (Å²) in [6, 6.07) is 11.0. The topological polar surface area (TPSA) is 138 Å². The number of anilines is 1. The molecule has 3 unspecified atom stereocenters. The maximum atomic E-state index is 14.2. The van der Waals surface area contributed by atoms with Crippen LogP contribution in [0, 0.1) is 0 Å². The van der Waals surface area contributed by atoms with E-state index < -0.39 is 45.4 Å². The van der Waals surface area contributed by atoms with Crippen molar-refractivity contribution >= 4 is 68.3 Å². The number of methoxy groups -OCH3 is 1. The number of hydrogen-bond acceptors (Lipinski definition) is 8. The molecule has 2 N–H and O–H groups in total. The van der Waals surface area contributed by atoms with Crippen LogP contribution in [0.2, 0.25) is 15.1 Å². The van der Waals surface area contributed by atoms with Gasteiger partial charge in [0.25, 0.3) is 5.91 Å². The fourth-order valence-electron chi connectivity index (χ4n) is 5.92. The molecule has 11 nitrogen and oxygen atoms in total. The summed E-state index contributed by atoms with van der Waals surface area (Å²) in [7, 11) is -2.92. The third-order valence-electron chi connectivity index (χ3n) is 8.47. The van der Waals surface area contributed by atoms with Crippen LogP contribution in [0.25, 0.3) is 0 Å². The number of carbonyl (C=O) groups excluding carboxylic acids is 3. The Balaban J connectivity index is 1.37. The molecule has 2 amide bonds. The molecule has 3 aromatic rings. The van der Waals surface area contributed by atoms with Crippen LogP contribution >= 0.6 is 34.8 Å². The van der Waals surface area contributed by atoms with Crippen LogP contribution in [0.4, 0.5) is 5.69 Å². The van der Waals surface area contributed by atoms with Gasteiger partial charge < -0.3 is 15.4 Å². The van der Waals surface area contributed by atoms with E-state index in [1.54, 1.807) is 43.3 Å². The molecule has 0 radical (unpaired) electrons. The Hall–Kier alpha value is -3.26. The first-order valence-electron chi connectivity index (χ1n) is 14.5. The first-order chi connectivity index (χ1) is 21.9. The number of likely N-dealkylation sites (tertiary alicyclic amines) is 1. The van der Waals surface area contributed by atoms with E-state index in [4.69, 9.17) is 39.5 Å². The molecule has 3 heterocycles. The predicted molar refractivity (Wildman–Crippen MR) is 175 cm³/mol. The van der Waals surface area contributed by atoms with Crippen molar-refractivity contribution in [1.82, 2.24) is 19.5 Å². The monoisotopic (exact) mass is 707 g/mol. The van der Waals surface area contributed by atoms with Crippen molar-refractivity contribution in [2.45, 2.75) is 48.7 Å². The number of amides is 2. The lowest BCUT2D eigenvalue weighted by molar-refractivity contribution is -0.146. The molecule has 244 valence electrons. The minimum atomic E-state index is -4.13. The van der Waals surface area contributed by atoms with Gasteiger partial charge in [-0.1, -0.05) is 53.0 Å². The number of hydrogen-bond donors (Lipinski definition) is 2. The molecule has 46 heavy (non-hydrogen) atoms. The van der Waals surface area contributed by atoms with Gasteiger partial charge in [-0.25, -0.2) is 13.2 Å². The van der Waals surface area contributed by atoms with Crippen molar-refractivity contribution in [3.8, 4) is 0 Å². The molecular weight excluding hydrogens is 677 g/mol. The van der Waals surface area contributed by atoms with Crippen LogP contribution in [-0.2, 0) is 30.8 Å². The molecule has 0 saturated carbocycles. The molecule has 5 rings (SSSR count). The number of sulfonamides is 1. The smallest absolute Gasteiger partial charge is 0.328 e. The lowest BCUT2D eigenvalue weighted by atomic mass is 9.89. The van der Waals surface area contributed by atoms with Crippen molar-refractivity contribution in [1.29, 1.82) is 0 Å². The molecule has 2 aliphatic heterocycles. The van der Waals surface area contributed by atoms with E-state index in [1.165, 1.54) is 35.9 Å². The zero-order valence-electron chi connectivity index (χ0n) is 25.0. The summed E-state index contributed by atoms with van der Waals surface area (Å²) in [6.45, 7) is 3.20. The second-order valence-corrected chi connectivity index (χ2v) is 14.4. The molecule has 2 fully saturated rings. The Morgan fingerprint density at radius 1 is 1.04 bits per heavy atom. The summed E-state index contributed by atoms with van der Waals surface area (Å²) in [5.41, 5.74) is -0.362. The molecule has 15 heteroatoms. The molecule has 1 aromatic heterocycles.